The number of carbonyl (C=O) groups is 2. The van der Waals surface area contributed by atoms with E-state index in [4.69, 9.17) is 14.4 Å². The Morgan fingerprint density at radius 2 is 1.81 bits per heavy atom. The molecule has 7 nitrogen and oxygen atoms in total. The predicted octanol–water partition coefficient (Wildman–Crippen LogP) is 3.56. The highest BCUT2D eigenvalue weighted by Gasteiger charge is 2.49. The number of rotatable bonds is 3. The smallest absolute Gasteiger partial charge is 0.475 e. The molecule has 0 bridgehead atoms. The lowest BCUT2D eigenvalue weighted by Crippen LogP contribution is -2.36. The molecule has 2 heterocycles. The maximum absolute atomic E-state index is 12.6. The van der Waals surface area contributed by atoms with E-state index in [0.717, 1.165) is 13.1 Å². The SMILES string of the molecule is CC(C)N(C)[C@H]1c2ccccc2[C@@H]2CN(C(=O)c3ccno3)C[C@@H]21.O=C(O)C(F)(F)F. The van der Waals surface area contributed by atoms with Crippen LogP contribution in [0.25, 0.3) is 0 Å². The number of hydrogen-bond donors (Lipinski definition) is 1. The van der Waals surface area contributed by atoms with Gasteiger partial charge in [0.05, 0.1) is 6.20 Å². The summed E-state index contributed by atoms with van der Waals surface area (Å²) in [5.41, 5.74) is 2.82. The van der Waals surface area contributed by atoms with Crippen LogP contribution in [0.4, 0.5) is 13.2 Å². The van der Waals surface area contributed by atoms with E-state index in [1.165, 1.54) is 17.3 Å². The molecule has 1 saturated heterocycles. The Hall–Kier alpha value is -2.88. The minimum absolute atomic E-state index is 0.0506. The van der Waals surface area contributed by atoms with Crippen molar-refractivity contribution in [2.45, 2.75) is 38.0 Å². The van der Waals surface area contributed by atoms with Crippen molar-refractivity contribution in [1.29, 1.82) is 0 Å². The van der Waals surface area contributed by atoms with Crippen LogP contribution < -0.4 is 0 Å². The van der Waals surface area contributed by atoms with Crippen molar-refractivity contribution in [2.75, 3.05) is 20.1 Å². The molecule has 1 N–H and O–H groups in total. The molecule has 4 rings (SSSR count). The van der Waals surface area contributed by atoms with Crippen LogP contribution in [-0.2, 0) is 4.79 Å². The van der Waals surface area contributed by atoms with E-state index in [-0.39, 0.29) is 5.91 Å². The van der Waals surface area contributed by atoms with E-state index in [0.29, 0.717) is 29.7 Å². The molecule has 10 heteroatoms. The molecule has 1 aromatic heterocycles. The average molecular weight is 439 g/mol. The number of amides is 1. The van der Waals surface area contributed by atoms with Crippen molar-refractivity contribution in [3.8, 4) is 0 Å². The summed E-state index contributed by atoms with van der Waals surface area (Å²) in [6, 6.07) is 11.2. The highest BCUT2D eigenvalue weighted by atomic mass is 19.4. The first-order chi connectivity index (χ1) is 14.5. The molecule has 168 valence electrons. The summed E-state index contributed by atoms with van der Waals surface area (Å²) in [6.07, 6.45) is -3.56. The second-order valence-electron chi connectivity index (χ2n) is 7.99. The fourth-order valence-corrected chi connectivity index (χ4v) is 4.32. The van der Waals surface area contributed by atoms with Gasteiger partial charge in [0.1, 0.15) is 0 Å². The van der Waals surface area contributed by atoms with Gasteiger partial charge in [-0.2, -0.15) is 13.2 Å². The number of carboxylic acid groups (broad SMARTS) is 1. The van der Waals surface area contributed by atoms with Crippen molar-refractivity contribution < 1.29 is 32.4 Å². The van der Waals surface area contributed by atoms with Gasteiger partial charge < -0.3 is 14.5 Å². The van der Waals surface area contributed by atoms with Gasteiger partial charge in [0, 0.05) is 43.1 Å². The molecule has 1 amide bonds. The van der Waals surface area contributed by atoms with Gasteiger partial charge in [-0.15, -0.1) is 0 Å². The van der Waals surface area contributed by atoms with E-state index in [1.807, 2.05) is 4.90 Å². The molecular weight excluding hydrogens is 415 g/mol. The monoisotopic (exact) mass is 439 g/mol. The van der Waals surface area contributed by atoms with Crippen molar-refractivity contribution in [1.82, 2.24) is 15.0 Å². The number of hydrogen-bond acceptors (Lipinski definition) is 5. The maximum Gasteiger partial charge on any atom is 0.490 e. The molecule has 2 aliphatic rings. The molecule has 31 heavy (non-hydrogen) atoms. The van der Waals surface area contributed by atoms with Gasteiger partial charge in [-0.3, -0.25) is 9.69 Å². The number of alkyl halides is 3. The number of fused-ring (bicyclic) bond motifs is 3. The van der Waals surface area contributed by atoms with Gasteiger partial charge in [0.2, 0.25) is 5.76 Å². The van der Waals surface area contributed by atoms with Crippen LogP contribution in [0.1, 0.15) is 47.5 Å². The molecule has 0 saturated carbocycles. The Bertz CT molecular complexity index is 930. The number of aromatic nitrogens is 1. The predicted molar refractivity (Wildman–Crippen MR) is 104 cm³/mol. The number of likely N-dealkylation sites (tertiary alicyclic amines) is 1. The summed E-state index contributed by atoms with van der Waals surface area (Å²) in [5.74, 6) is -1.64. The lowest BCUT2D eigenvalue weighted by atomic mass is 9.93. The number of nitrogens with zero attached hydrogens (tertiary/aromatic N) is 3. The van der Waals surface area contributed by atoms with Crippen LogP contribution >= 0.6 is 0 Å². The molecule has 2 aromatic rings. The second-order valence-corrected chi connectivity index (χ2v) is 7.99. The minimum Gasteiger partial charge on any atom is -0.475 e. The Morgan fingerprint density at radius 1 is 1.19 bits per heavy atom. The zero-order valence-electron chi connectivity index (χ0n) is 17.3. The Labute approximate surface area is 177 Å². The van der Waals surface area contributed by atoms with Crippen molar-refractivity contribution >= 4 is 11.9 Å². The molecule has 1 aliphatic heterocycles. The number of carboxylic acids is 1. The first-order valence-corrected chi connectivity index (χ1v) is 9.83. The zero-order chi connectivity index (χ0) is 22.9. The van der Waals surface area contributed by atoms with Gasteiger partial charge in [0.15, 0.2) is 0 Å². The highest BCUT2D eigenvalue weighted by Crippen LogP contribution is 2.51. The van der Waals surface area contributed by atoms with Crippen LogP contribution in [0.3, 0.4) is 0 Å². The van der Waals surface area contributed by atoms with Gasteiger partial charge in [-0.05, 0) is 32.0 Å². The molecule has 0 radical (unpaired) electrons. The Balaban J connectivity index is 0.000000339. The normalized spacial score (nSPS) is 22.2. The summed E-state index contributed by atoms with van der Waals surface area (Å²) >= 11 is 0. The van der Waals surface area contributed by atoms with Gasteiger partial charge >= 0.3 is 12.1 Å². The summed E-state index contributed by atoms with van der Waals surface area (Å²) in [4.78, 5) is 25.9. The lowest BCUT2D eigenvalue weighted by Gasteiger charge is -2.33. The number of halogens is 3. The largest absolute Gasteiger partial charge is 0.490 e. The van der Waals surface area contributed by atoms with E-state index in [2.05, 4.69) is 55.2 Å². The molecule has 1 aromatic carbocycles. The summed E-state index contributed by atoms with van der Waals surface area (Å²) in [5, 5.41) is 10.8. The van der Waals surface area contributed by atoms with Gasteiger partial charge in [0.25, 0.3) is 5.91 Å². The molecule has 1 fully saturated rings. The van der Waals surface area contributed by atoms with Crippen molar-refractivity contribution in [2.24, 2.45) is 5.92 Å². The number of aliphatic carboxylic acids is 1. The fraction of sp³-hybridized carbons (Fsp3) is 0.476. The molecule has 0 spiro atoms. The van der Waals surface area contributed by atoms with Gasteiger partial charge in [-0.25, -0.2) is 4.79 Å². The van der Waals surface area contributed by atoms with Crippen LogP contribution in [0.2, 0.25) is 0 Å². The average Bonchev–Trinajstić information content (AvgIpc) is 3.42. The molecular formula is C21H24F3N3O4. The summed E-state index contributed by atoms with van der Waals surface area (Å²) < 4.78 is 36.8. The third kappa shape index (κ3) is 4.58. The minimum atomic E-state index is -5.08. The van der Waals surface area contributed by atoms with Crippen LogP contribution in [0.15, 0.2) is 41.1 Å². The first kappa shape index (κ1) is 22.8. The Kier molecular flexibility index (Phi) is 6.40. The van der Waals surface area contributed by atoms with Crippen LogP contribution in [-0.4, -0.2) is 64.3 Å². The van der Waals surface area contributed by atoms with Crippen LogP contribution in [0.5, 0.6) is 0 Å². The molecule has 0 unspecified atom stereocenters. The topological polar surface area (TPSA) is 86.9 Å². The van der Waals surface area contributed by atoms with Gasteiger partial charge in [-0.1, -0.05) is 29.4 Å². The maximum atomic E-state index is 12.6. The van der Waals surface area contributed by atoms with E-state index >= 15 is 0 Å². The van der Waals surface area contributed by atoms with E-state index < -0.39 is 12.1 Å². The third-order valence-corrected chi connectivity index (χ3v) is 5.92. The molecule has 3 atom stereocenters. The number of carbonyl (C=O) groups excluding carboxylic acids is 1. The van der Waals surface area contributed by atoms with Crippen molar-refractivity contribution in [3.63, 3.8) is 0 Å². The quantitative estimate of drug-likeness (QED) is 0.787. The third-order valence-electron chi connectivity index (χ3n) is 5.92. The first-order valence-electron chi connectivity index (χ1n) is 9.83. The van der Waals surface area contributed by atoms with Crippen molar-refractivity contribution in [3.05, 3.63) is 53.4 Å². The highest BCUT2D eigenvalue weighted by molar-refractivity contribution is 5.91. The summed E-state index contributed by atoms with van der Waals surface area (Å²) in [6.45, 7) is 5.97. The van der Waals surface area contributed by atoms with E-state index in [1.54, 1.807) is 6.07 Å². The Morgan fingerprint density at radius 3 is 2.32 bits per heavy atom. The lowest BCUT2D eigenvalue weighted by molar-refractivity contribution is -0.192. The fourth-order valence-electron chi connectivity index (χ4n) is 4.32. The van der Waals surface area contributed by atoms with Crippen LogP contribution in [0, 0.1) is 5.92 Å². The standard InChI is InChI=1S/C19H23N3O2.C2HF3O2/c1-12(2)21(3)18-14-7-5-4-6-13(14)15-10-22(11-16(15)18)19(23)17-8-9-20-24-17;3-2(4,5)1(6)7/h4-9,12,15-16,18H,10-11H2,1-3H3;(H,6,7)/t15-,16-,18-;/m0./s1. The second kappa shape index (κ2) is 8.70. The van der Waals surface area contributed by atoms with E-state index in [9.17, 15) is 18.0 Å². The molecule has 1 aliphatic carbocycles. The summed E-state index contributed by atoms with van der Waals surface area (Å²) in [7, 11) is 2.19. The zero-order valence-corrected chi connectivity index (χ0v) is 17.3. The number of benzene rings is 1.